The number of carbonyl (C=O) groups is 1. The molecule has 2 aromatic carbocycles. The summed E-state index contributed by atoms with van der Waals surface area (Å²) in [7, 11) is 0. The summed E-state index contributed by atoms with van der Waals surface area (Å²) >= 11 is 6.13. The fraction of sp³-hybridized carbons (Fsp3) is 0.316. The summed E-state index contributed by atoms with van der Waals surface area (Å²) in [4.78, 5) is 16.6. The molecule has 3 nitrogen and oxygen atoms in total. The van der Waals surface area contributed by atoms with Crippen molar-refractivity contribution in [2.75, 3.05) is 26.2 Å². The van der Waals surface area contributed by atoms with Crippen LogP contribution in [-0.2, 0) is 17.8 Å². The molecule has 0 bridgehead atoms. The van der Waals surface area contributed by atoms with Crippen molar-refractivity contribution < 1.29 is 9.18 Å². The zero-order valence-electron chi connectivity index (χ0n) is 13.4. The Morgan fingerprint density at radius 2 is 1.67 bits per heavy atom. The molecule has 0 aromatic heterocycles. The van der Waals surface area contributed by atoms with E-state index in [2.05, 4.69) is 4.90 Å². The van der Waals surface area contributed by atoms with E-state index in [9.17, 15) is 9.18 Å². The molecule has 126 valence electrons. The second kappa shape index (κ2) is 7.77. The van der Waals surface area contributed by atoms with Crippen molar-refractivity contribution >= 4 is 17.5 Å². The third-order valence-corrected chi connectivity index (χ3v) is 4.71. The molecule has 0 aliphatic carbocycles. The highest BCUT2D eigenvalue weighted by Crippen LogP contribution is 2.17. The van der Waals surface area contributed by atoms with Crippen LogP contribution in [0.4, 0.5) is 4.39 Å². The van der Waals surface area contributed by atoms with Crippen molar-refractivity contribution in [3.8, 4) is 0 Å². The Kier molecular flexibility index (Phi) is 5.48. The number of hydrogen-bond donors (Lipinski definition) is 0. The van der Waals surface area contributed by atoms with E-state index < -0.39 is 0 Å². The van der Waals surface area contributed by atoms with Crippen LogP contribution in [0.25, 0.3) is 0 Å². The molecule has 2 aromatic rings. The van der Waals surface area contributed by atoms with Gasteiger partial charge in [-0.2, -0.15) is 0 Å². The highest BCUT2D eigenvalue weighted by atomic mass is 35.5. The van der Waals surface area contributed by atoms with Crippen LogP contribution in [-0.4, -0.2) is 41.9 Å². The molecule has 0 atom stereocenters. The molecular weight excluding hydrogens is 327 g/mol. The van der Waals surface area contributed by atoms with E-state index in [1.807, 2.05) is 41.3 Å². The summed E-state index contributed by atoms with van der Waals surface area (Å²) in [6.07, 6.45) is 0.345. The number of benzene rings is 2. The van der Waals surface area contributed by atoms with Crippen LogP contribution in [0, 0.1) is 5.82 Å². The topological polar surface area (TPSA) is 23.6 Å². The van der Waals surface area contributed by atoms with Gasteiger partial charge in [0.05, 0.1) is 6.42 Å². The largest absolute Gasteiger partial charge is 0.340 e. The maximum absolute atomic E-state index is 12.9. The van der Waals surface area contributed by atoms with Crippen LogP contribution >= 0.6 is 11.6 Å². The summed E-state index contributed by atoms with van der Waals surface area (Å²) in [5.41, 5.74) is 1.96. The summed E-state index contributed by atoms with van der Waals surface area (Å²) in [6.45, 7) is 3.86. The van der Waals surface area contributed by atoms with E-state index in [1.165, 1.54) is 12.1 Å². The number of hydrogen-bond acceptors (Lipinski definition) is 2. The molecule has 1 fully saturated rings. The van der Waals surface area contributed by atoms with Gasteiger partial charge in [-0.25, -0.2) is 4.39 Å². The second-order valence-corrected chi connectivity index (χ2v) is 6.46. The minimum atomic E-state index is -0.214. The lowest BCUT2D eigenvalue weighted by molar-refractivity contribution is -0.132. The molecule has 0 saturated carbocycles. The third-order valence-electron chi connectivity index (χ3n) is 4.34. The fourth-order valence-electron chi connectivity index (χ4n) is 2.92. The highest BCUT2D eigenvalue weighted by molar-refractivity contribution is 6.31. The predicted octanol–water partition coefficient (Wildman–Crippen LogP) is 3.37. The first kappa shape index (κ1) is 16.9. The fourth-order valence-corrected chi connectivity index (χ4v) is 3.12. The predicted molar refractivity (Wildman–Crippen MR) is 93.4 cm³/mol. The Labute approximate surface area is 146 Å². The van der Waals surface area contributed by atoms with E-state index in [4.69, 9.17) is 11.6 Å². The zero-order valence-corrected chi connectivity index (χ0v) is 14.2. The van der Waals surface area contributed by atoms with Crippen LogP contribution in [0.5, 0.6) is 0 Å². The molecule has 0 N–H and O–H groups in total. The van der Waals surface area contributed by atoms with Gasteiger partial charge in [0.1, 0.15) is 5.82 Å². The normalized spacial score (nSPS) is 15.5. The number of rotatable bonds is 4. The molecule has 0 spiro atoms. The Morgan fingerprint density at radius 1 is 1.00 bits per heavy atom. The number of nitrogens with zero attached hydrogens (tertiary/aromatic N) is 2. The van der Waals surface area contributed by atoms with E-state index in [0.717, 1.165) is 30.8 Å². The first-order valence-corrected chi connectivity index (χ1v) is 8.47. The van der Waals surface area contributed by atoms with Gasteiger partial charge in [-0.1, -0.05) is 41.9 Å². The van der Waals surface area contributed by atoms with E-state index >= 15 is 0 Å². The van der Waals surface area contributed by atoms with Crippen LogP contribution in [0.2, 0.25) is 5.02 Å². The summed E-state index contributed by atoms with van der Waals surface area (Å²) in [6, 6.07) is 14.1. The Morgan fingerprint density at radius 3 is 2.33 bits per heavy atom. The first-order chi connectivity index (χ1) is 11.6. The minimum absolute atomic E-state index is 0.115. The average molecular weight is 347 g/mol. The van der Waals surface area contributed by atoms with Crippen LogP contribution in [0.15, 0.2) is 48.5 Å². The van der Waals surface area contributed by atoms with Crippen LogP contribution in [0.1, 0.15) is 11.1 Å². The van der Waals surface area contributed by atoms with Crippen molar-refractivity contribution in [3.63, 3.8) is 0 Å². The summed E-state index contributed by atoms with van der Waals surface area (Å²) < 4.78 is 12.9. The number of amides is 1. The molecule has 0 unspecified atom stereocenters. The van der Waals surface area contributed by atoms with Gasteiger partial charge in [0, 0.05) is 37.7 Å². The van der Waals surface area contributed by atoms with E-state index in [1.54, 1.807) is 0 Å². The molecule has 1 saturated heterocycles. The van der Waals surface area contributed by atoms with Crippen molar-refractivity contribution in [1.82, 2.24) is 9.80 Å². The lowest BCUT2D eigenvalue weighted by atomic mass is 10.1. The number of halogens is 2. The van der Waals surface area contributed by atoms with Crippen LogP contribution in [0.3, 0.4) is 0 Å². The lowest BCUT2D eigenvalue weighted by Gasteiger charge is -2.35. The van der Waals surface area contributed by atoms with Gasteiger partial charge in [0.15, 0.2) is 0 Å². The molecule has 0 radical (unpaired) electrons. The average Bonchev–Trinajstić information content (AvgIpc) is 2.59. The monoisotopic (exact) mass is 346 g/mol. The van der Waals surface area contributed by atoms with E-state index in [0.29, 0.717) is 24.5 Å². The van der Waals surface area contributed by atoms with Gasteiger partial charge in [-0.15, -0.1) is 0 Å². The maximum Gasteiger partial charge on any atom is 0.227 e. The highest BCUT2D eigenvalue weighted by Gasteiger charge is 2.21. The Bertz CT molecular complexity index is 697. The molecule has 1 aliphatic rings. The minimum Gasteiger partial charge on any atom is -0.340 e. The third kappa shape index (κ3) is 4.34. The quantitative estimate of drug-likeness (QED) is 0.847. The van der Waals surface area contributed by atoms with Gasteiger partial charge >= 0.3 is 0 Å². The molecule has 24 heavy (non-hydrogen) atoms. The molecule has 3 rings (SSSR count). The molecule has 1 amide bonds. The maximum atomic E-state index is 12.9. The summed E-state index contributed by atoms with van der Waals surface area (Å²) in [5, 5.41) is 0.640. The van der Waals surface area contributed by atoms with Gasteiger partial charge in [0.25, 0.3) is 0 Å². The number of piperazine rings is 1. The van der Waals surface area contributed by atoms with Crippen molar-refractivity contribution in [2.45, 2.75) is 13.0 Å². The molecule has 1 aliphatic heterocycles. The zero-order chi connectivity index (χ0) is 16.9. The van der Waals surface area contributed by atoms with Crippen molar-refractivity contribution in [2.24, 2.45) is 0 Å². The van der Waals surface area contributed by atoms with Crippen molar-refractivity contribution in [1.29, 1.82) is 0 Å². The van der Waals surface area contributed by atoms with Gasteiger partial charge in [-0.05, 0) is 29.3 Å². The molecular formula is C19H20ClFN2O. The molecule has 1 heterocycles. The Hall–Kier alpha value is -1.91. The van der Waals surface area contributed by atoms with Crippen molar-refractivity contribution in [3.05, 3.63) is 70.5 Å². The lowest BCUT2D eigenvalue weighted by Crippen LogP contribution is -2.48. The SMILES string of the molecule is O=C(Cc1ccccc1Cl)N1CCN(Cc2ccc(F)cc2)CC1. The first-order valence-electron chi connectivity index (χ1n) is 8.10. The van der Waals surface area contributed by atoms with E-state index in [-0.39, 0.29) is 11.7 Å². The van der Waals surface area contributed by atoms with Gasteiger partial charge in [-0.3, -0.25) is 9.69 Å². The number of carbonyl (C=O) groups excluding carboxylic acids is 1. The molecule has 5 heteroatoms. The Balaban J connectivity index is 1.50. The smallest absolute Gasteiger partial charge is 0.227 e. The second-order valence-electron chi connectivity index (χ2n) is 6.05. The van der Waals surface area contributed by atoms with Gasteiger partial charge in [0.2, 0.25) is 5.91 Å². The van der Waals surface area contributed by atoms with Gasteiger partial charge < -0.3 is 4.90 Å². The van der Waals surface area contributed by atoms with Crippen LogP contribution < -0.4 is 0 Å². The summed E-state index contributed by atoms with van der Waals surface area (Å²) in [5.74, 6) is -0.0988. The standard InChI is InChI=1S/C19H20ClFN2O/c20-18-4-2-1-3-16(18)13-19(24)23-11-9-22(10-12-23)14-15-5-7-17(21)8-6-15/h1-8H,9-14H2.